The number of hydrogen-bond acceptors (Lipinski definition) is 9. The molecule has 0 radical (unpaired) electrons. The third-order valence-corrected chi connectivity index (χ3v) is 14.5. The fourth-order valence-electron chi connectivity index (χ4n) is 12.0. The Morgan fingerprint density at radius 2 is 1.56 bits per heavy atom. The summed E-state index contributed by atoms with van der Waals surface area (Å²) >= 11 is 0. The van der Waals surface area contributed by atoms with Crippen LogP contribution < -0.4 is 0 Å². The normalized spacial score (nSPS) is 52.2. The smallest absolute Gasteiger partial charge is 0.187 e. The second-order valence-electron chi connectivity index (χ2n) is 17.4. The third-order valence-electron chi connectivity index (χ3n) is 14.5. The average Bonchev–Trinajstić information content (AvgIpc) is 3.33. The summed E-state index contributed by atoms with van der Waals surface area (Å²) < 4.78 is 12.6. The molecule has 5 aliphatic rings. The van der Waals surface area contributed by atoms with Crippen molar-refractivity contribution in [2.75, 3.05) is 6.61 Å². The SMILES string of the molecule is CC(C)=CCC[C@](C)(O[C@@H]1OC(CO)[C@@H](O)[C@@H](O)C1O)[C@H]1CC[C@]2(C)[C@@H]1[C@H](O)C[C@@H]1[C@@]3(C)CC[C@H](O)C(C)(C)[C@@H]3[C@H](O)C[C@]12C. The zero-order valence-corrected chi connectivity index (χ0v) is 28.8. The van der Waals surface area contributed by atoms with Crippen molar-refractivity contribution in [1.29, 1.82) is 0 Å². The van der Waals surface area contributed by atoms with Crippen molar-refractivity contribution in [3.05, 3.63) is 11.6 Å². The van der Waals surface area contributed by atoms with Crippen LogP contribution in [0.4, 0.5) is 0 Å². The first-order chi connectivity index (χ1) is 20.8. The number of ether oxygens (including phenoxy) is 2. The van der Waals surface area contributed by atoms with Crippen LogP contribution in [0.3, 0.4) is 0 Å². The Hall–Kier alpha value is -0.620. The lowest BCUT2D eigenvalue weighted by atomic mass is 9.34. The van der Waals surface area contributed by atoms with Gasteiger partial charge in [-0.25, -0.2) is 0 Å². The fourth-order valence-corrected chi connectivity index (χ4v) is 12.0. The number of fused-ring (bicyclic) bond motifs is 5. The molecule has 5 rings (SSSR count). The molecule has 1 heterocycles. The van der Waals surface area contributed by atoms with E-state index < -0.39 is 66.6 Å². The maximum absolute atomic E-state index is 12.2. The van der Waals surface area contributed by atoms with E-state index in [0.29, 0.717) is 32.1 Å². The molecule has 4 aliphatic carbocycles. The monoisotopic (exact) mass is 638 g/mol. The van der Waals surface area contributed by atoms with Crippen molar-refractivity contribution >= 4 is 0 Å². The summed E-state index contributed by atoms with van der Waals surface area (Å²) in [4.78, 5) is 0. The van der Waals surface area contributed by atoms with Gasteiger partial charge in [-0.3, -0.25) is 0 Å². The maximum atomic E-state index is 12.2. The first kappa shape index (κ1) is 35.7. The number of rotatable bonds is 7. The summed E-state index contributed by atoms with van der Waals surface area (Å²) in [5.74, 6) is -0.154. The average molecular weight is 639 g/mol. The van der Waals surface area contributed by atoms with E-state index in [2.05, 4.69) is 40.7 Å². The summed E-state index contributed by atoms with van der Waals surface area (Å²) in [6.07, 6.45) is -0.678. The van der Waals surface area contributed by atoms with Crippen molar-refractivity contribution in [2.24, 2.45) is 45.3 Å². The lowest BCUT2D eigenvalue weighted by Gasteiger charge is -2.71. The highest BCUT2D eigenvalue weighted by atomic mass is 16.7. The molecule has 0 amide bonds. The summed E-state index contributed by atoms with van der Waals surface area (Å²) in [5, 5.41) is 76.9. The molecule has 0 spiro atoms. The van der Waals surface area contributed by atoms with E-state index in [1.165, 1.54) is 5.57 Å². The molecule has 9 heteroatoms. The van der Waals surface area contributed by atoms with Crippen LogP contribution in [0.25, 0.3) is 0 Å². The first-order valence-electron chi connectivity index (χ1n) is 17.4. The van der Waals surface area contributed by atoms with Gasteiger partial charge in [0.15, 0.2) is 6.29 Å². The predicted molar refractivity (Wildman–Crippen MR) is 170 cm³/mol. The molecule has 2 unspecified atom stereocenters. The van der Waals surface area contributed by atoms with E-state index in [4.69, 9.17) is 9.47 Å². The Kier molecular flexibility index (Phi) is 9.56. The Morgan fingerprint density at radius 3 is 2.18 bits per heavy atom. The largest absolute Gasteiger partial charge is 0.394 e. The molecule has 0 aromatic rings. The van der Waals surface area contributed by atoms with E-state index in [0.717, 1.165) is 19.3 Å². The molecule has 9 nitrogen and oxygen atoms in total. The topological polar surface area (TPSA) is 160 Å². The number of hydrogen-bond donors (Lipinski definition) is 7. The van der Waals surface area contributed by atoms with Crippen LogP contribution in [0, 0.1) is 45.3 Å². The molecule has 1 aliphatic heterocycles. The molecular formula is C36H62O9. The van der Waals surface area contributed by atoms with Gasteiger partial charge in [0.05, 0.1) is 30.5 Å². The second-order valence-corrected chi connectivity index (χ2v) is 17.4. The molecule has 4 saturated carbocycles. The minimum absolute atomic E-state index is 0.0692. The Balaban J connectivity index is 1.51. The van der Waals surface area contributed by atoms with Gasteiger partial charge in [0.25, 0.3) is 0 Å². The van der Waals surface area contributed by atoms with Crippen LogP contribution in [0.1, 0.15) is 107 Å². The summed E-state index contributed by atoms with van der Waals surface area (Å²) in [5.41, 5.74) is -0.944. The minimum atomic E-state index is -1.53. The van der Waals surface area contributed by atoms with Crippen LogP contribution in [0.15, 0.2) is 11.6 Å². The standard InChI is InChI=1S/C36H62O9/c1-19(2)10-9-13-36(8,45-31-29(43)28(42)27(41)23(18-37)44-31)20-11-15-34(6)26(20)21(38)16-24-33(5)14-12-25(40)32(3,4)30(33)22(39)17-35(24,34)7/h10,20-31,37-43H,9,11-18H2,1-8H3/t20-,21+,22+,23?,24+,25-,26-,27+,28+,29?,30-,31-,33+,34+,35+,36-/m0/s1. The van der Waals surface area contributed by atoms with Crippen molar-refractivity contribution in [1.82, 2.24) is 0 Å². The molecule has 16 atom stereocenters. The van der Waals surface area contributed by atoms with Crippen LogP contribution in [0.2, 0.25) is 0 Å². The predicted octanol–water partition coefficient (Wildman–Crippen LogP) is 3.30. The summed E-state index contributed by atoms with van der Waals surface area (Å²) in [6.45, 7) is 16.7. The van der Waals surface area contributed by atoms with Crippen LogP contribution in [0.5, 0.6) is 0 Å². The van der Waals surface area contributed by atoms with E-state index in [1.807, 2.05) is 20.8 Å². The maximum Gasteiger partial charge on any atom is 0.187 e. The highest BCUT2D eigenvalue weighted by Gasteiger charge is 2.73. The Labute approximate surface area is 270 Å². The lowest BCUT2D eigenvalue weighted by Crippen LogP contribution is -2.70. The first-order valence-corrected chi connectivity index (χ1v) is 17.4. The van der Waals surface area contributed by atoms with E-state index in [1.54, 1.807) is 0 Å². The molecule has 0 bridgehead atoms. The van der Waals surface area contributed by atoms with Gasteiger partial charge in [0.2, 0.25) is 0 Å². The quantitative estimate of drug-likeness (QED) is 0.208. The zero-order valence-electron chi connectivity index (χ0n) is 28.8. The molecule has 0 aromatic carbocycles. The second kappa shape index (κ2) is 12.1. The van der Waals surface area contributed by atoms with Gasteiger partial charge in [-0.15, -0.1) is 0 Å². The Bertz CT molecular complexity index is 1110. The number of aliphatic hydroxyl groups is 7. The number of aliphatic hydroxyl groups excluding tert-OH is 7. The molecule has 260 valence electrons. The highest BCUT2D eigenvalue weighted by molar-refractivity contribution is 5.21. The van der Waals surface area contributed by atoms with Gasteiger partial charge in [0.1, 0.15) is 24.4 Å². The minimum Gasteiger partial charge on any atom is -0.394 e. The van der Waals surface area contributed by atoms with Crippen LogP contribution in [-0.4, -0.2) is 97.0 Å². The van der Waals surface area contributed by atoms with Gasteiger partial charge in [-0.2, -0.15) is 0 Å². The molecule has 0 aromatic heterocycles. The van der Waals surface area contributed by atoms with E-state index in [-0.39, 0.29) is 39.9 Å². The van der Waals surface area contributed by atoms with Crippen molar-refractivity contribution in [2.45, 2.75) is 161 Å². The van der Waals surface area contributed by atoms with E-state index >= 15 is 0 Å². The Morgan fingerprint density at radius 1 is 0.889 bits per heavy atom. The molecule has 7 N–H and O–H groups in total. The van der Waals surface area contributed by atoms with Gasteiger partial charge in [-0.1, -0.05) is 46.3 Å². The van der Waals surface area contributed by atoms with Crippen LogP contribution in [-0.2, 0) is 9.47 Å². The molecule has 45 heavy (non-hydrogen) atoms. The highest BCUT2D eigenvalue weighted by Crippen LogP contribution is 2.76. The summed E-state index contributed by atoms with van der Waals surface area (Å²) in [6, 6.07) is 0. The summed E-state index contributed by atoms with van der Waals surface area (Å²) in [7, 11) is 0. The van der Waals surface area contributed by atoms with Crippen molar-refractivity contribution in [3.8, 4) is 0 Å². The van der Waals surface area contributed by atoms with Crippen molar-refractivity contribution < 1.29 is 45.2 Å². The molecule has 1 saturated heterocycles. The van der Waals surface area contributed by atoms with Crippen molar-refractivity contribution in [3.63, 3.8) is 0 Å². The molecule has 5 fully saturated rings. The van der Waals surface area contributed by atoms with Gasteiger partial charge in [-0.05, 0) is 117 Å². The van der Waals surface area contributed by atoms with Gasteiger partial charge < -0.3 is 45.2 Å². The van der Waals surface area contributed by atoms with Gasteiger partial charge >= 0.3 is 0 Å². The fraction of sp³-hybridized carbons (Fsp3) is 0.944. The zero-order chi connectivity index (χ0) is 33.5. The lowest BCUT2D eigenvalue weighted by molar-refractivity contribution is -0.336. The number of allylic oxidation sites excluding steroid dienone is 2. The van der Waals surface area contributed by atoms with Gasteiger partial charge in [0, 0.05) is 0 Å². The molecular weight excluding hydrogens is 576 g/mol. The van der Waals surface area contributed by atoms with E-state index in [9.17, 15) is 35.7 Å². The van der Waals surface area contributed by atoms with Crippen LogP contribution >= 0.6 is 0 Å². The third kappa shape index (κ3) is 5.39.